The Morgan fingerprint density at radius 2 is 2.04 bits per heavy atom. The van der Waals surface area contributed by atoms with Crippen LogP contribution in [0.15, 0.2) is 47.4 Å². The molecule has 142 valence electrons. The van der Waals surface area contributed by atoms with Crippen molar-refractivity contribution < 1.29 is 9.47 Å². The minimum atomic E-state index is -0.158. The largest absolute Gasteiger partial charge is 0.454 e. The zero-order valence-electron chi connectivity index (χ0n) is 15.5. The van der Waals surface area contributed by atoms with Crippen molar-refractivity contribution in [2.45, 2.75) is 25.8 Å². The Morgan fingerprint density at radius 1 is 1.14 bits per heavy atom. The maximum Gasteiger partial charge on any atom is 0.251 e. The summed E-state index contributed by atoms with van der Waals surface area (Å²) in [5, 5.41) is 0. The molecule has 2 aromatic heterocycles. The summed E-state index contributed by atoms with van der Waals surface area (Å²) in [7, 11) is 0. The molecule has 5 rings (SSSR count). The zero-order chi connectivity index (χ0) is 19.1. The smallest absolute Gasteiger partial charge is 0.251 e. The van der Waals surface area contributed by atoms with Gasteiger partial charge in [0, 0.05) is 30.1 Å². The minimum absolute atomic E-state index is 0.158. The summed E-state index contributed by atoms with van der Waals surface area (Å²) < 4.78 is 11.0. The number of aromatic amines is 1. The second-order valence-corrected chi connectivity index (χ2v) is 7.10. The van der Waals surface area contributed by atoms with Gasteiger partial charge in [-0.05, 0) is 49.6 Å². The lowest BCUT2D eigenvalue weighted by Gasteiger charge is -2.26. The predicted octanol–water partition coefficient (Wildman–Crippen LogP) is 3.21. The molecule has 3 aromatic rings. The zero-order valence-corrected chi connectivity index (χ0v) is 15.5. The Labute approximate surface area is 162 Å². The van der Waals surface area contributed by atoms with E-state index in [0.717, 1.165) is 42.3 Å². The molecule has 0 aliphatic carbocycles. The molecule has 1 saturated heterocycles. The van der Waals surface area contributed by atoms with Gasteiger partial charge < -0.3 is 19.4 Å². The van der Waals surface area contributed by atoms with Crippen molar-refractivity contribution in [1.29, 1.82) is 0 Å². The van der Waals surface area contributed by atoms with Crippen molar-refractivity contribution in [3.8, 4) is 22.9 Å². The van der Waals surface area contributed by atoms with E-state index in [2.05, 4.69) is 32.0 Å². The molecule has 2 aliphatic rings. The Kier molecular flexibility index (Phi) is 4.00. The first kappa shape index (κ1) is 16.8. The fourth-order valence-electron chi connectivity index (χ4n) is 3.92. The number of ether oxygens (including phenoxy) is 2. The van der Waals surface area contributed by atoms with E-state index in [1.165, 1.54) is 11.6 Å². The highest BCUT2D eigenvalue weighted by atomic mass is 16.7. The fraction of sp³-hybridized carbons (Fsp3) is 0.286. The number of aryl methyl sites for hydroxylation is 1. The highest BCUT2D eigenvalue weighted by molar-refractivity contribution is 5.57. The van der Waals surface area contributed by atoms with Gasteiger partial charge in [0.05, 0.1) is 6.04 Å². The molecule has 0 amide bonds. The molecule has 4 heterocycles. The molecule has 0 saturated carbocycles. The van der Waals surface area contributed by atoms with Crippen molar-refractivity contribution >= 4 is 5.82 Å². The molecular weight excluding hydrogens is 356 g/mol. The minimum Gasteiger partial charge on any atom is -0.454 e. The second-order valence-electron chi connectivity index (χ2n) is 7.10. The van der Waals surface area contributed by atoms with Crippen LogP contribution in [0, 0.1) is 6.92 Å². The van der Waals surface area contributed by atoms with Crippen molar-refractivity contribution in [2.75, 3.05) is 18.2 Å². The number of H-pyrrole nitrogens is 1. The van der Waals surface area contributed by atoms with Gasteiger partial charge in [0.25, 0.3) is 5.56 Å². The van der Waals surface area contributed by atoms with Gasteiger partial charge in [0.2, 0.25) is 6.79 Å². The molecule has 1 atom stereocenters. The molecule has 1 aromatic carbocycles. The van der Waals surface area contributed by atoms with Gasteiger partial charge in [0.15, 0.2) is 11.5 Å². The number of nitrogens with zero attached hydrogens (tertiary/aromatic N) is 3. The third-order valence-corrected chi connectivity index (χ3v) is 5.22. The van der Waals surface area contributed by atoms with Gasteiger partial charge in [-0.1, -0.05) is 6.07 Å². The number of rotatable bonds is 3. The van der Waals surface area contributed by atoms with Crippen LogP contribution >= 0.6 is 0 Å². The third kappa shape index (κ3) is 2.98. The van der Waals surface area contributed by atoms with Gasteiger partial charge >= 0.3 is 0 Å². The number of pyridine rings is 1. The first-order valence-corrected chi connectivity index (χ1v) is 9.38. The molecule has 0 radical (unpaired) electrons. The van der Waals surface area contributed by atoms with Crippen LogP contribution in [-0.2, 0) is 0 Å². The van der Waals surface area contributed by atoms with Crippen LogP contribution in [0.4, 0.5) is 5.82 Å². The number of fused-ring (bicyclic) bond motifs is 1. The normalized spacial score (nSPS) is 17.9. The molecule has 7 nitrogen and oxygen atoms in total. The van der Waals surface area contributed by atoms with E-state index in [0.29, 0.717) is 11.5 Å². The summed E-state index contributed by atoms with van der Waals surface area (Å²) in [6.45, 7) is 3.04. The predicted molar refractivity (Wildman–Crippen MR) is 105 cm³/mol. The van der Waals surface area contributed by atoms with E-state index >= 15 is 0 Å². The Hall–Kier alpha value is -3.35. The van der Waals surface area contributed by atoms with Crippen molar-refractivity contribution in [3.05, 3.63) is 64.2 Å². The van der Waals surface area contributed by atoms with E-state index in [9.17, 15) is 4.79 Å². The summed E-state index contributed by atoms with van der Waals surface area (Å²) >= 11 is 0. The van der Waals surface area contributed by atoms with Crippen LogP contribution in [-0.4, -0.2) is 28.3 Å². The maximum absolute atomic E-state index is 11.7. The van der Waals surface area contributed by atoms with Crippen LogP contribution in [0.25, 0.3) is 11.4 Å². The van der Waals surface area contributed by atoms with Crippen LogP contribution in [0.3, 0.4) is 0 Å². The number of nitrogens with one attached hydrogen (secondary N) is 1. The number of hydrogen-bond donors (Lipinski definition) is 1. The molecule has 1 fully saturated rings. The lowest BCUT2D eigenvalue weighted by molar-refractivity contribution is 0.174. The van der Waals surface area contributed by atoms with Crippen molar-refractivity contribution in [1.82, 2.24) is 15.0 Å². The van der Waals surface area contributed by atoms with Gasteiger partial charge in [-0.15, -0.1) is 0 Å². The van der Waals surface area contributed by atoms with Crippen molar-refractivity contribution in [3.63, 3.8) is 0 Å². The molecule has 1 N–H and O–H groups in total. The SMILES string of the molecule is Cc1cc(=O)[nH]c(-c2ccc(N3CCCC3c3ccc4c(c3)OCO4)nc2)n1. The third-order valence-electron chi connectivity index (χ3n) is 5.22. The summed E-state index contributed by atoms with van der Waals surface area (Å²) in [6.07, 6.45) is 3.94. The number of anilines is 1. The fourth-order valence-corrected chi connectivity index (χ4v) is 3.92. The molecular formula is C21H20N4O3. The standard InChI is InChI=1S/C21H20N4O3/c1-13-9-20(26)24-21(23-13)15-5-7-19(22-11-15)25-8-2-3-16(25)14-4-6-17-18(10-14)28-12-27-17/h4-7,9-11,16H,2-3,8,12H2,1H3,(H,23,24,26). The quantitative estimate of drug-likeness (QED) is 0.756. The maximum atomic E-state index is 11.7. The Bertz CT molecular complexity index is 1080. The summed E-state index contributed by atoms with van der Waals surface area (Å²) in [4.78, 5) is 25.8. The number of aromatic nitrogens is 3. The number of benzene rings is 1. The lowest BCUT2D eigenvalue weighted by atomic mass is 10.0. The summed E-state index contributed by atoms with van der Waals surface area (Å²) in [6, 6.07) is 11.8. The van der Waals surface area contributed by atoms with Crippen molar-refractivity contribution in [2.24, 2.45) is 0 Å². The molecule has 1 unspecified atom stereocenters. The summed E-state index contributed by atoms with van der Waals surface area (Å²) in [5.74, 6) is 3.06. The van der Waals surface area contributed by atoms with Gasteiger partial charge in [0.1, 0.15) is 11.6 Å². The van der Waals surface area contributed by atoms with Crippen LogP contribution < -0.4 is 19.9 Å². The van der Waals surface area contributed by atoms with E-state index in [-0.39, 0.29) is 18.4 Å². The van der Waals surface area contributed by atoms with Crippen LogP contribution in [0.1, 0.15) is 30.1 Å². The second kappa shape index (κ2) is 6.67. The van der Waals surface area contributed by atoms with Gasteiger partial charge in [-0.25, -0.2) is 9.97 Å². The van der Waals surface area contributed by atoms with E-state index in [4.69, 9.17) is 9.47 Å². The number of hydrogen-bond acceptors (Lipinski definition) is 6. The highest BCUT2D eigenvalue weighted by Crippen LogP contribution is 2.40. The van der Waals surface area contributed by atoms with Gasteiger partial charge in [-0.3, -0.25) is 4.79 Å². The Balaban J connectivity index is 1.43. The average Bonchev–Trinajstić information content (AvgIpc) is 3.36. The average molecular weight is 376 g/mol. The van der Waals surface area contributed by atoms with E-state index in [1.807, 2.05) is 18.2 Å². The van der Waals surface area contributed by atoms with E-state index < -0.39 is 0 Å². The van der Waals surface area contributed by atoms with Crippen LogP contribution in [0.5, 0.6) is 11.5 Å². The first-order valence-electron chi connectivity index (χ1n) is 9.38. The lowest BCUT2D eigenvalue weighted by Crippen LogP contribution is -2.23. The Morgan fingerprint density at radius 3 is 2.86 bits per heavy atom. The van der Waals surface area contributed by atoms with Crippen LogP contribution in [0.2, 0.25) is 0 Å². The van der Waals surface area contributed by atoms with Gasteiger partial charge in [-0.2, -0.15) is 0 Å². The molecule has 28 heavy (non-hydrogen) atoms. The van der Waals surface area contributed by atoms with E-state index in [1.54, 1.807) is 13.1 Å². The first-order chi connectivity index (χ1) is 13.7. The molecule has 0 spiro atoms. The molecule has 7 heteroatoms. The molecule has 2 aliphatic heterocycles. The monoisotopic (exact) mass is 376 g/mol. The summed E-state index contributed by atoms with van der Waals surface area (Å²) in [5.41, 5.74) is 2.53. The highest BCUT2D eigenvalue weighted by Gasteiger charge is 2.28. The molecule has 0 bridgehead atoms. The topological polar surface area (TPSA) is 80.3 Å².